The summed E-state index contributed by atoms with van der Waals surface area (Å²) in [4.78, 5) is 11.3. The first-order valence-corrected chi connectivity index (χ1v) is 5.74. The van der Waals surface area contributed by atoms with Crippen molar-refractivity contribution in [2.75, 3.05) is 13.2 Å². The van der Waals surface area contributed by atoms with Crippen molar-refractivity contribution in [3.63, 3.8) is 0 Å². The monoisotopic (exact) mass is 247 g/mol. The lowest BCUT2D eigenvalue weighted by Gasteiger charge is -2.19. The maximum atomic E-state index is 11.3. The van der Waals surface area contributed by atoms with Crippen LogP contribution in [0.1, 0.15) is 27.2 Å². The van der Waals surface area contributed by atoms with Crippen molar-refractivity contribution in [3.05, 3.63) is 0 Å². The van der Waals surface area contributed by atoms with Crippen LogP contribution in [0.4, 0.5) is 4.79 Å². The summed E-state index contributed by atoms with van der Waals surface area (Å²) in [5, 5.41) is 20.9. The van der Waals surface area contributed by atoms with Crippen molar-refractivity contribution in [3.8, 4) is 0 Å². The highest BCUT2D eigenvalue weighted by atomic mass is 16.6. The number of alkyl carbamates (subject to hydrolysis) is 1. The van der Waals surface area contributed by atoms with Crippen molar-refractivity contribution in [1.82, 2.24) is 5.32 Å². The molecule has 6 heteroatoms. The Hall–Kier alpha value is -0.850. The van der Waals surface area contributed by atoms with Crippen LogP contribution in [-0.4, -0.2) is 53.4 Å². The fourth-order valence-electron chi connectivity index (χ4n) is 1.44. The average Bonchev–Trinajstić information content (AvgIpc) is 2.93. The van der Waals surface area contributed by atoms with E-state index < -0.39 is 17.8 Å². The molecule has 1 amide bonds. The number of carbonyl (C=O) groups is 1. The Bertz CT molecular complexity index is 263. The van der Waals surface area contributed by atoms with Gasteiger partial charge in [-0.2, -0.15) is 0 Å². The van der Waals surface area contributed by atoms with Crippen molar-refractivity contribution in [2.45, 2.75) is 51.1 Å². The summed E-state index contributed by atoms with van der Waals surface area (Å²) in [6.45, 7) is 5.58. The van der Waals surface area contributed by atoms with E-state index in [-0.39, 0.29) is 18.8 Å². The Morgan fingerprint density at radius 3 is 2.65 bits per heavy atom. The zero-order chi connectivity index (χ0) is 13.1. The summed E-state index contributed by atoms with van der Waals surface area (Å²) in [5.41, 5.74) is -0.524. The Labute approximate surface area is 101 Å². The number of aliphatic hydroxyl groups is 2. The van der Waals surface area contributed by atoms with Gasteiger partial charge in [0.25, 0.3) is 0 Å². The van der Waals surface area contributed by atoms with Gasteiger partial charge in [-0.15, -0.1) is 0 Å². The second kappa shape index (κ2) is 5.66. The van der Waals surface area contributed by atoms with Crippen LogP contribution in [0.25, 0.3) is 0 Å². The first kappa shape index (κ1) is 14.2. The molecule has 1 saturated heterocycles. The third kappa shape index (κ3) is 5.34. The van der Waals surface area contributed by atoms with Gasteiger partial charge in [0.1, 0.15) is 17.8 Å². The van der Waals surface area contributed by atoms with Crippen LogP contribution in [0, 0.1) is 0 Å². The lowest BCUT2D eigenvalue weighted by atomic mass is 10.1. The highest BCUT2D eigenvalue weighted by molar-refractivity contribution is 5.67. The Morgan fingerprint density at radius 2 is 2.18 bits per heavy atom. The van der Waals surface area contributed by atoms with Gasteiger partial charge in [-0.05, 0) is 27.2 Å². The van der Waals surface area contributed by atoms with Crippen molar-refractivity contribution in [2.24, 2.45) is 0 Å². The molecule has 0 aromatic heterocycles. The van der Waals surface area contributed by atoms with E-state index in [1.54, 1.807) is 20.8 Å². The molecule has 3 N–H and O–H groups in total. The minimum atomic E-state index is -0.665. The zero-order valence-electron chi connectivity index (χ0n) is 10.5. The number of carbonyl (C=O) groups excluding carboxylic acids is 1. The second-order valence-corrected chi connectivity index (χ2v) is 5.11. The van der Waals surface area contributed by atoms with E-state index in [9.17, 15) is 9.90 Å². The van der Waals surface area contributed by atoms with E-state index >= 15 is 0 Å². The van der Waals surface area contributed by atoms with E-state index in [2.05, 4.69) is 5.32 Å². The van der Waals surface area contributed by atoms with Gasteiger partial charge in [-0.3, -0.25) is 0 Å². The van der Waals surface area contributed by atoms with Gasteiger partial charge < -0.3 is 25.0 Å². The first-order chi connectivity index (χ1) is 7.83. The van der Waals surface area contributed by atoms with E-state index in [0.717, 1.165) is 0 Å². The number of hydrogen-bond acceptors (Lipinski definition) is 5. The Kier molecular flexibility index (Phi) is 4.73. The summed E-state index contributed by atoms with van der Waals surface area (Å²) in [7, 11) is 0. The minimum Gasteiger partial charge on any atom is -0.444 e. The first-order valence-electron chi connectivity index (χ1n) is 5.74. The van der Waals surface area contributed by atoms with Gasteiger partial charge in [-0.1, -0.05) is 0 Å². The Balaban J connectivity index is 2.09. The molecular formula is C11H21NO5. The number of amides is 1. The van der Waals surface area contributed by atoms with E-state index in [1.165, 1.54) is 0 Å². The van der Waals surface area contributed by atoms with Crippen LogP contribution in [0.5, 0.6) is 0 Å². The van der Waals surface area contributed by atoms with Crippen LogP contribution in [0.15, 0.2) is 0 Å². The summed E-state index contributed by atoms with van der Waals surface area (Å²) < 4.78 is 10.1. The van der Waals surface area contributed by atoms with Crippen LogP contribution in [0.2, 0.25) is 0 Å². The second-order valence-electron chi connectivity index (χ2n) is 5.11. The standard InChI is InChI=1S/C11H21NO5/c1-11(2,3)17-10(15)12-5-4-7(14)9-8(6-13)16-9/h7-9,13-14H,4-6H2,1-3H3,(H,12,15)/t7-,8-,9-/m1/s1. The maximum absolute atomic E-state index is 11.3. The van der Waals surface area contributed by atoms with Gasteiger partial charge in [-0.25, -0.2) is 4.79 Å². The molecule has 0 aliphatic carbocycles. The Morgan fingerprint density at radius 1 is 1.53 bits per heavy atom. The predicted octanol–water partition coefficient (Wildman–Crippen LogP) is 0.0218. The molecule has 1 heterocycles. The lowest BCUT2D eigenvalue weighted by Crippen LogP contribution is -2.34. The molecule has 0 aromatic carbocycles. The van der Waals surface area contributed by atoms with Gasteiger partial charge in [0.15, 0.2) is 0 Å². The molecule has 1 aliphatic rings. The average molecular weight is 247 g/mol. The fourth-order valence-corrected chi connectivity index (χ4v) is 1.44. The van der Waals surface area contributed by atoms with Gasteiger partial charge >= 0.3 is 6.09 Å². The summed E-state index contributed by atoms with van der Waals surface area (Å²) in [6, 6.07) is 0. The summed E-state index contributed by atoms with van der Waals surface area (Å²) >= 11 is 0. The third-order valence-electron chi connectivity index (χ3n) is 2.29. The van der Waals surface area contributed by atoms with Gasteiger partial charge in [0.2, 0.25) is 0 Å². The maximum Gasteiger partial charge on any atom is 0.407 e. The summed E-state index contributed by atoms with van der Waals surface area (Å²) in [6.07, 6.45) is -1.35. The predicted molar refractivity (Wildman–Crippen MR) is 60.6 cm³/mol. The smallest absolute Gasteiger partial charge is 0.407 e. The molecule has 6 nitrogen and oxygen atoms in total. The molecular weight excluding hydrogens is 226 g/mol. The van der Waals surface area contributed by atoms with Crippen molar-refractivity contribution >= 4 is 6.09 Å². The van der Waals surface area contributed by atoms with E-state index in [1.807, 2.05) is 0 Å². The number of nitrogens with one attached hydrogen (secondary N) is 1. The largest absolute Gasteiger partial charge is 0.444 e. The van der Waals surface area contributed by atoms with Crippen LogP contribution in [-0.2, 0) is 9.47 Å². The molecule has 0 bridgehead atoms. The molecule has 100 valence electrons. The number of epoxide rings is 1. The molecule has 1 rings (SSSR count). The quantitative estimate of drug-likeness (QED) is 0.596. The molecule has 17 heavy (non-hydrogen) atoms. The lowest BCUT2D eigenvalue weighted by molar-refractivity contribution is 0.0513. The molecule has 1 aliphatic heterocycles. The molecule has 0 radical (unpaired) electrons. The molecule has 3 atom stereocenters. The molecule has 0 spiro atoms. The molecule has 0 aromatic rings. The normalized spacial score (nSPS) is 25.2. The zero-order valence-corrected chi connectivity index (χ0v) is 10.5. The highest BCUT2D eigenvalue weighted by Gasteiger charge is 2.43. The molecule has 1 fully saturated rings. The van der Waals surface area contributed by atoms with E-state index in [0.29, 0.717) is 13.0 Å². The molecule has 0 saturated carbocycles. The van der Waals surface area contributed by atoms with Crippen molar-refractivity contribution < 1.29 is 24.5 Å². The van der Waals surface area contributed by atoms with Crippen LogP contribution < -0.4 is 5.32 Å². The van der Waals surface area contributed by atoms with Crippen LogP contribution in [0.3, 0.4) is 0 Å². The van der Waals surface area contributed by atoms with Crippen molar-refractivity contribution in [1.29, 1.82) is 0 Å². The van der Waals surface area contributed by atoms with Gasteiger partial charge in [0.05, 0.1) is 12.7 Å². The number of ether oxygens (including phenoxy) is 2. The fraction of sp³-hybridized carbons (Fsp3) is 0.909. The molecule has 0 unspecified atom stereocenters. The van der Waals surface area contributed by atoms with E-state index in [4.69, 9.17) is 14.6 Å². The SMILES string of the molecule is CC(C)(C)OC(=O)NCC[C@@H](O)[C@H]1O[C@@H]1CO. The van der Waals surface area contributed by atoms with Gasteiger partial charge in [0, 0.05) is 6.54 Å². The number of hydrogen-bond donors (Lipinski definition) is 3. The number of aliphatic hydroxyl groups excluding tert-OH is 2. The third-order valence-corrected chi connectivity index (χ3v) is 2.29. The minimum absolute atomic E-state index is 0.0821. The summed E-state index contributed by atoms with van der Waals surface area (Å²) in [5.74, 6) is 0. The van der Waals surface area contributed by atoms with Crippen LogP contribution >= 0.6 is 0 Å². The number of rotatable bonds is 5. The highest BCUT2D eigenvalue weighted by Crippen LogP contribution is 2.26. The topological polar surface area (TPSA) is 91.3 Å².